The van der Waals surface area contributed by atoms with Gasteiger partial charge in [0.15, 0.2) is 0 Å². The van der Waals surface area contributed by atoms with Gasteiger partial charge in [-0.3, -0.25) is 9.69 Å². The van der Waals surface area contributed by atoms with Gasteiger partial charge >= 0.3 is 0 Å². The number of hydrogen-bond acceptors (Lipinski definition) is 4. The van der Waals surface area contributed by atoms with E-state index in [1.165, 1.54) is 24.0 Å². The number of nitrogen functional groups attached to an aromatic ring is 1. The maximum absolute atomic E-state index is 13.0. The maximum atomic E-state index is 13.0. The minimum absolute atomic E-state index is 0.0579. The average molecular weight is 469 g/mol. The van der Waals surface area contributed by atoms with E-state index < -0.39 is 0 Å². The highest BCUT2D eigenvalue weighted by atomic mass is 16.1. The van der Waals surface area contributed by atoms with Gasteiger partial charge in [0.05, 0.1) is 11.6 Å². The highest BCUT2D eigenvalue weighted by Crippen LogP contribution is 2.32. The molecule has 5 nitrogen and oxygen atoms in total. The van der Waals surface area contributed by atoms with Crippen LogP contribution in [0.1, 0.15) is 53.2 Å². The lowest BCUT2D eigenvalue weighted by molar-refractivity contribution is 0.0931. The molecule has 3 aromatic carbocycles. The Bertz CT molecular complexity index is 1060. The largest absolute Gasteiger partial charge is 0.398 e. The van der Waals surface area contributed by atoms with E-state index >= 15 is 0 Å². The predicted molar refractivity (Wildman–Crippen MR) is 144 cm³/mol. The van der Waals surface area contributed by atoms with Crippen molar-refractivity contribution in [2.45, 2.75) is 31.7 Å². The van der Waals surface area contributed by atoms with Gasteiger partial charge in [-0.15, -0.1) is 0 Å². The summed E-state index contributed by atoms with van der Waals surface area (Å²) in [4.78, 5) is 17.9. The van der Waals surface area contributed by atoms with Crippen molar-refractivity contribution in [3.63, 3.8) is 0 Å². The van der Waals surface area contributed by atoms with Gasteiger partial charge in [0.25, 0.3) is 5.91 Å². The Morgan fingerprint density at radius 2 is 1.46 bits per heavy atom. The van der Waals surface area contributed by atoms with Crippen LogP contribution in [0.15, 0.2) is 78.9 Å². The van der Waals surface area contributed by atoms with E-state index in [2.05, 4.69) is 75.8 Å². The molecule has 35 heavy (non-hydrogen) atoms. The summed E-state index contributed by atoms with van der Waals surface area (Å²) in [6, 6.07) is 27.7. The highest BCUT2D eigenvalue weighted by molar-refractivity contribution is 6.00. The van der Waals surface area contributed by atoms with Crippen molar-refractivity contribution in [3.05, 3.63) is 95.6 Å². The van der Waals surface area contributed by atoms with E-state index in [1.807, 2.05) is 18.2 Å². The first kappa shape index (κ1) is 23.4. The van der Waals surface area contributed by atoms with Crippen molar-refractivity contribution >= 4 is 17.3 Å². The number of nitrogens with one attached hydrogen (secondary N) is 1. The summed E-state index contributed by atoms with van der Waals surface area (Å²) in [5, 5.41) is 3.18. The Morgan fingerprint density at radius 1 is 0.857 bits per heavy atom. The lowest BCUT2D eigenvalue weighted by atomic mass is 9.91. The molecule has 0 spiro atoms. The zero-order valence-electron chi connectivity index (χ0n) is 20.4. The summed E-state index contributed by atoms with van der Waals surface area (Å²) in [6.45, 7) is 4.83. The summed E-state index contributed by atoms with van der Waals surface area (Å²) in [5.74, 6) is 0.419. The molecule has 0 aromatic heterocycles. The number of carbonyl (C=O) groups is 1. The normalized spacial score (nSPS) is 17.1. The van der Waals surface area contributed by atoms with Crippen LogP contribution >= 0.6 is 0 Å². The van der Waals surface area contributed by atoms with Crippen molar-refractivity contribution in [1.29, 1.82) is 0 Å². The fourth-order valence-corrected chi connectivity index (χ4v) is 5.55. The lowest BCUT2D eigenvalue weighted by Gasteiger charge is -2.38. The molecule has 5 heteroatoms. The van der Waals surface area contributed by atoms with Gasteiger partial charge in [-0.25, -0.2) is 0 Å². The molecule has 0 atom stereocenters. The molecule has 182 valence electrons. The molecule has 2 fully saturated rings. The molecule has 1 amide bonds. The topological polar surface area (TPSA) is 61.6 Å². The molecule has 0 saturated carbocycles. The van der Waals surface area contributed by atoms with Gasteiger partial charge in [0, 0.05) is 31.0 Å². The third-order valence-corrected chi connectivity index (χ3v) is 7.55. The van der Waals surface area contributed by atoms with Crippen LogP contribution in [0.2, 0.25) is 0 Å². The lowest BCUT2D eigenvalue weighted by Crippen LogP contribution is -2.40. The van der Waals surface area contributed by atoms with E-state index in [9.17, 15) is 4.79 Å². The fourth-order valence-electron chi connectivity index (χ4n) is 5.55. The first-order chi connectivity index (χ1) is 17.2. The number of hydrogen-bond donors (Lipinski definition) is 2. The van der Waals surface area contributed by atoms with Crippen LogP contribution < -0.4 is 16.0 Å². The molecule has 0 radical (unpaired) electrons. The summed E-state index contributed by atoms with van der Waals surface area (Å²) in [5.41, 5.74) is 11.1. The van der Waals surface area contributed by atoms with Gasteiger partial charge in [-0.2, -0.15) is 0 Å². The Morgan fingerprint density at radius 3 is 2.06 bits per heavy atom. The fraction of sp³-hybridized carbons (Fsp3) is 0.367. The average Bonchev–Trinajstić information content (AvgIpc) is 3.45. The first-order valence-electron chi connectivity index (χ1n) is 13.0. The second kappa shape index (κ2) is 11.0. The number of amides is 1. The van der Waals surface area contributed by atoms with E-state index in [0.717, 1.165) is 44.7 Å². The molecule has 2 heterocycles. The minimum Gasteiger partial charge on any atom is -0.398 e. The van der Waals surface area contributed by atoms with E-state index in [1.54, 1.807) is 0 Å². The second-order valence-corrected chi connectivity index (χ2v) is 9.88. The third-order valence-electron chi connectivity index (χ3n) is 7.55. The zero-order valence-corrected chi connectivity index (χ0v) is 20.4. The molecule has 0 bridgehead atoms. The van der Waals surface area contributed by atoms with Crippen LogP contribution in [-0.2, 0) is 0 Å². The number of likely N-dealkylation sites (tertiary alicyclic amines) is 1. The van der Waals surface area contributed by atoms with Crippen molar-refractivity contribution < 1.29 is 4.79 Å². The molecule has 2 aliphatic rings. The Balaban J connectivity index is 1.19. The van der Waals surface area contributed by atoms with Crippen LogP contribution in [-0.4, -0.2) is 43.5 Å². The van der Waals surface area contributed by atoms with Gasteiger partial charge in [-0.1, -0.05) is 60.7 Å². The predicted octanol–water partition coefficient (Wildman–Crippen LogP) is 5.10. The molecule has 3 N–H and O–H groups in total. The van der Waals surface area contributed by atoms with Crippen LogP contribution in [0.4, 0.5) is 11.4 Å². The van der Waals surface area contributed by atoms with Gasteiger partial charge in [0.2, 0.25) is 0 Å². The van der Waals surface area contributed by atoms with Crippen molar-refractivity contribution in [2.75, 3.05) is 43.4 Å². The number of piperidine rings is 1. The number of rotatable bonds is 7. The quantitative estimate of drug-likeness (QED) is 0.474. The number of nitrogens with two attached hydrogens (primary N) is 1. The first-order valence-corrected chi connectivity index (χ1v) is 13.0. The Labute approximate surface area is 208 Å². The molecule has 0 aliphatic carbocycles. The van der Waals surface area contributed by atoms with Gasteiger partial charge in [0.1, 0.15) is 0 Å². The zero-order chi connectivity index (χ0) is 24.0. The Kier molecular flexibility index (Phi) is 7.34. The summed E-state index contributed by atoms with van der Waals surface area (Å²) >= 11 is 0. The number of nitrogens with zero attached hydrogens (tertiary/aromatic N) is 2. The van der Waals surface area contributed by atoms with E-state index in [4.69, 9.17) is 5.73 Å². The van der Waals surface area contributed by atoms with Crippen LogP contribution in [0.25, 0.3) is 0 Å². The maximum Gasteiger partial charge on any atom is 0.253 e. The smallest absolute Gasteiger partial charge is 0.253 e. The monoisotopic (exact) mass is 468 g/mol. The standard InChI is InChI=1S/C30H36N4O/c31-28-14-13-26(33-17-7-8-18-33)21-27(28)30(35)32-22-23-15-19-34(20-16-23)29(24-9-3-1-4-10-24)25-11-5-2-6-12-25/h1-6,9-14,21,23,29H,7-8,15-20,22,31H2,(H,32,35). The molecule has 2 saturated heterocycles. The molecule has 3 aromatic rings. The number of carbonyl (C=O) groups excluding carboxylic acids is 1. The molecule has 5 rings (SSSR count). The molecular weight excluding hydrogens is 432 g/mol. The van der Waals surface area contributed by atoms with Crippen molar-refractivity contribution in [2.24, 2.45) is 5.92 Å². The molecule has 2 aliphatic heterocycles. The highest BCUT2D eigenvalue weighted by Gasteiger charge is 2.27. The summed E-state index contributed by atoms with van der Waals surface area (Å²) < 4.78 is 0. The van der Waals surface area contributed by atoms with Gasteiger partial charge in [-0.05, 0) is 74.0 Å². The Hall–Kier alpha value is -3.31. The van der Waals surface area contributed by atoms with E-state index in [-0.39, 0.29) is 11.9 Å². The van der Waals surface area contributed by atoms with E-state index in [0.29, 0.717) is 23.7 Å². The van der Waals surface area contributed by atoms with Crippen molar-refractivity contribution in [3.8, 4) is 0 Å². The van der Waals surface area contributed by atoms with Crippen molar-refractivity contribution in [1.82, 2.24) is 10.2 Å². The number of anilines is 2. The van der Waals surface area contributed by atoms with Crippen LogP contribution in [0.3, 0.4) is 0 Å². The summed E-state index contributed by atoms with van der Waals surface area (Å²) in [6.07, 6.45) is 4.56. The summed E-state index contributed by atoms with van der Waals surface area (Å²) in [7, 11) is 0. The van der Waals surface area contributed by atoms with Crippen LogP contribution in [0.5, 0.6) is 0 Å². The number of benzene rings is 3. The SMILES string of the molecule is Nc1ccc(N2CCCC2)cc1C(=O)NCC1CCN(C(c2ccccc2)c2ccccc2)CC1. The molecule has 0 unspecified atom stereocenters. The van der Waals surface area contributed by atoms with Crippen LogP contribution in [0, 0.1) is 5.92 Å². The minimum atomic E-state index is -0.0579. The van der Waals surface area contributed by atoms with Gasteiger partial charge < -0.3 is 16.0 Å². The second-order valence-electron chi connectivity index (χ2n) is 9.88. The third kappa shape index (κ3) is 5.51. The molecular formula is C30H36N4O.